The van der Waals surface area contributed by atoms with Crippen LogP contribution in [0.2, 0.25) is 0 Å². The molecule has 2 rings (SSSR count). The second kappa shape index (κ2) is 38.5. The molecule has 0 spiro atoms. The summed E-state index contributed by atoms with van der Waals surface area (Å²) in [6.45, 7) is 3.48. The van der Waals surface area contributed by atoms with Gasteiger partial charge in [0, 0.05) is 17.2 Å². The van der Waals surface area contributed by atoms with Gasteiger partial charge < -0.3 is 34.3 Å². The van der Waals surface area contributed by atoms with Crippen molar-refractivity contribution in [3.05, 3.63) is 70.8 Å². The summed E-state index contributed by atoms with van der Waals surface area (Å²) in [5.41, 5.74) is 1.22. The van der Waals surface area contributed by atoms with E-state index < -0.39 is 40.4 Å². The fraction of sp³-hybridized carbons (Fsp3) is 0.515. The highest BCUT2D eigenvalue weighted by atomic mass is 31.1. The van der Waals surface area contributed by atoms with Gasteiger partial charge in [0.1, 0.15) is 26.4 Å². The molecule has 0 aromatic heterocycles. The summed E-state index contributed by atoms with van der Waals surface area (Å²) in [4.78, 5) is 46.1. The van der Waals surface area contributed by atoms with E-state index in [-0.39, 0.29) is 81.1 Å². The van der Waals surface area contributed by atoms with Crippen LogP contribution >= 0.6 is 16.5 Å². The van der Waals surface area contributed by atoms with Gasteiger partial charge in [0.15, 0.2) is 0 Å². The molecule has 0 saturated carbocycles. The number of carbonyl (C=O) groups excluding carboxylic acids is 4. The first-order chi connectivity index (χ1) is 23.5. The summed E-state index contributed by atoms with van der Waals surface area (Å²) >= 11 is 0. The van der Waals surface area contributed by atoms with E-state index >= 15 is 0 Å². The number of ether oxygens (including phenoxy) is 4. The molecular formula is C33H58O17P2+2. The summed E-state index contributed by atoms with van der Waals surface area (Å²) < 4.78 is 57.5. The molecule has 0 amide bonds. The third-order valence-electron chi connectivity index (χ3n) is 4.76. The van der Waals surface area contributed by atoms with Crippen LogP contribution in [0.1, 0.15) is 85.4 Å². The Morgan fingerprint density at radius 3 is 1.02 bits per heavy atom. The van der Waals surface area contributed by atoms with E-state index in [0.717, 1.165) is 6.42 Å². The lowest BCUT2D eigenvalue weighted by Gasteiger charge is -2.05. The Morgan fingerprint density at radius 1 is 0.519 bits per heavy atom. The van der Waals surface area contributed by atoms with Crippen LogP contribution in [-0.4, -0.2) is 113 Å². The molecule has 0 aliphatic heterocycles. The van der Waals surface area contributed by atoms with Crippen LogP contribution in [0, 0.1) is 0 Å². The van der Waals surface area contributed by atoms with Gasteiger partial charge in [0.25, 0.3) is 0 Å². The summed E-state index contributed by atoms with van der Waals surface area (Å²) in [6, 6.07) is 11.6. The fourth-order valence-electron chi connectivity index (χ4n) is 2.66. The normalized spacial score (nSPS) is 9.35. The minimum absolute atomic E-state index is 0. The van der Waals surface area contributed by atoms with E-state index in [9.17, 15) is 28.3 Å². The predicted octanol–water partition coefficient (Wildman–Crippen LogP) is 5.80. The minimum Gasteiger partial charge on any atom is -0.462 e. The number of benzene rings is 2. The first-order valence-electron chi connectivity index (χ1n) is 14.4. The van der Waals surface area contributed by atoms with Crippen molar-refractivity contribution in [2.45, 2.75) is 42.5 Å². The molecule has 19 heteroatoms. The van der Waals surface area contributed by atoms with Gasteiger partial charge in [0.05, 0.1) is 63.4 Å². The molecule has 52 heavy (non-hydrogen) atoms. The summed E-state index contributed by atoms with van der Waals surface area (Å²) in [5.74, 6) is -2.14. The maximum Gasteiger partial charge on any atom is 0.697 e. The van der Waals surface area contributed by atoms with Crippen LogP contribution < -0.4 is 0 Å². The highest BCUT2D eigenvalue weighted by Gasteiger charge is 2.17. The van der Waals surface area contributed by atoms with Gasteiger partial charge >= 0.3 is 40.4 Å². The van der Waals surface area contributed by atoms with E-state index in [2.05, 4.69) is 13.6 Å². The molecule has 2 aromatic rings. The van der Waals surface area contributed by atoms with Gasteiger partial charge in [0.2, 0.25) is 0 Å². The molecule has 0 heterocycles. The zero-order chi connectivity index (χ0) is 37.5. The molecule has 0 aliphatic carbocycles. The monoisotopic (exact) mass is 789 g/mol. The highest BCUT2D eigenvalue weighted by Crippen LogP contribution is 2.21. The Balaban J connectivity index is -0.000000161. The maximum atomic E-state index is 11.7. The predicted molar refractivity (Wildman–Crippen MR) is 196 cm³/mol. The highest BCUT2D eigenvalue weighted by molar-refractivity contribution is 7.33. The van der Waals surface area contributed by atoms with E-state index in [0.29, 0.717) is 17.7 Å². The zero-order valence-electron chi connectivity index (χ0n) is 27.9. The molecule has 0 saturated heterocycles. The van der Waals surface area contributed by atoms with Crippen molar-refractivity contribution in [1.29, 1.82) is 0 Å². The summed E-state index contributed by atoms with van der Waals surface area (Å²) in [6.07, 6.45) is 0.743. The van der Waals surface area contributed by atoms with Crippen molar-refractivity contribution < 1.29 is 82.1 Å². The molecule has 17 nitrogen and oxygen atoms in total. The maximum absolute atomic E-state index is 11.7. The summed E-state index contributed by atoms with van der Waals surface area (Å²) in [7, 11) is -0.108. The first-order valence-corrected chi connectivity index (χ1v) is 16.6. The Morgan fingerprint density at radius 2 is 0.788 bits per heavy atom. The minimum atomic E-state index is -2.17. The molecule has 300 valence electrons. The molecule has 3 N–H and O–H groups in total. The number of rotatable bonds is 17. The largest absolute Gasteiger partial charge is 0.697 e. The smallest absolute Gasteiger partial charge is 0.462 e. The second-order valence-corrected chi connectivity index (χ2v) is 10.5. The number of hydrogen-bond donors (Lipinski definition) is 3. The van der Waals surface area contributed by atoms with Crippen molar-refractivity contribution >= 4 is 40.4 Å². The Bertz CT molecular complexity index is 1200. The van der Waals surface area contributed by atoms with Crippen LogP contribution in [0.15, 0.2) is 48.5 Å². The second-order valence-electron chi connectivity index (χ2n) is 8.29. The van der Waals surface area contributed by atoms with Gasteiger partial charge in [-0.15, -0.1) is 18.1 Å². The van der Waals surface area contributed by atoms with E-state index in [1.807, 2.05) is 6.92 Å². The zero-order valence-corrected chi connectivity index (χ0v) is 29.7. The van der Waals surface area contributed by atoms with Crippen LogP contribution in [0.4, 0.5) is 0 Å². The topological polar surface area (TPSA) is 237 Å². The molecule has 1 unspecified atom stereocenters. The van der Waals surface area contributed by atoms with Gasteiger partial charge in [-0.3, -0.25) is 0 Å². The Kier molecular flexibility index (Phi) is 42.6. The van der Waals surface area contributed by atoms with E-state index in [1.54, 1.807) is 6.92 Å². The van der Waals surface area contributed by atoms with Crippen molar-refractivity contribution in [1.82, 2.24) is 0 Å². The van der Waals surface area contributed by atoms with Crippen LogP contribution in [0.5, 0.6) is 0 Å². The third kappa shape index (κ3) is 28.9. The quantitative estimate of drug-likeness (QED) is 0.0742. The Hall–Kier alpha value is -3.76. The molecule has 0 aliphatic rings. The average Bonchev–Trinajstić information content (AvgIpc) is 3.13. The molecule has 2 aromatic carbocycles. The standard InChI is InChI=1S/C14H18O7P.C12H14O6.C2H6O3P.C2H6O.3CH4.H2/c1-3-8-19-13(15)11-4-6-12(7-5-11)14(16)20-9-10-21-22(17)18-2;13-5-7-17-11(15)9-1-2-10(4-3-9)12(16)18-8-6-14;1-4-6(3)5-2;1-2-3;;;;/h4-7H,3,8-10H2,1-2H3;1-4,13-14H,5-8H2;1-2H3;3H,2H2,1H3;3*1H4;1H/q+1;;+1;;;;;/i;;;;;;;1+1. The van der Waals surface area contributed by atoms with Gasteiger partial charge in [-0.25, -0.2) is 19.2 Å². The van der Waals surface area contributed by atoms with Crippen LogP contribution in [-0.2, 0) is 46.2 Å². The number of aliphatic hydroxyl groups is 3. The van der Waals surface area contributed by atoms with Crippen LogP contribution in [0.25, 0.3) is 0 Å². The molecule has 0 fully saturated rings. The van der Waals surface area contributed by atoms with Crippen molar-refractivity contribution in [2.24, 2.45) is 0 Å². The number of hydrogen-bond acceptors (Lipinski definition) is 17. The van der Waals surface area contributed by atoms with E-state index in [4.69, 9.17) is 38.8 Å². The molecule has 0 bridgehead atoms. The number of aliphatic hydroxyl groups excluding tert-OH is 3. The first kappa shape index (κ1) is 57.6. The number of esters is 4. The molecule has 0 radical (unpaired) electrons. The molecule has 1 atom stereocenters. The average molecular weight is 790 g/mol. The Labute approximate surface area is 309 Å². The SMILES string of the molecule is C.C.C.CCCOC(=O)c1ccc(C(=O)OCCO[P+](=O)OC)cc1.CCO.CO[P+](=O)OC.O=C(OCCO)c1ccc(C(=O)OCCO)cc1.[2HH]. The third-order valence-corrected chi connectivity index (χ3v) is 6.05. The van der Waals surface area contributed by atoms with Crippen molar-refractivity contribution in [3.63, 3.8) is 0 Å². The lowest BCUT2D eigenvalue weighted by molar-refractivity contribution is 0.0422. The fourth-order valence-corrected chi connectivity index (χ4v) is 3.14. The van der Waals surface area contributed by atoms with Gasteiger partial charge in [-0.1, -0.05) is 29.2 Å². The van der Waals surface area contributed by atoms with E-state index in [1.165, 1.54) is 69.9 Å². The number of carbonyl (C=O) groups is 4. The van der Waals surface area contributed by atoms with Crippen molar-refractivity contribution in [3.8, 4) is 0 Å². The molecular weight excluding hydrogens is 730 g/mol. The van der Waals surface area contributed by atoms with Gasteiger partial charge in [-0.05, 0) is 61.9 Å². The van der Waals surface area contributed by atoms with Crippen LogP contribution in [0.3, 0.4) is 0 Å². The summed E-state index contributed by atoms with van der Waals surface area (Å²) in [5, 5.41) is 24.6. The lowest BCUT2D eigenvalue weighted by atomic mass is 10.1. The van der Waals surface area contributed by atoms with Crippen molar-refractivity contribution in [2.75, 3.05) is 74.2 Å². The lowest BCUT2D eigenvalue weighted by Crippen LogP contribution is -2.11. The van der Waals surface area contributed by atoms with Gasteiger partial charge in [-0.2, -0.15) is 0 Å².